The Labute approximate surface area is 125 Å². The van der Waals surface area contributed by atoms with Crippen LogP contribution in [0.2, 0.25) is 5.02 Å². The van der Waals surface area contributed by atoms with E-state index < -0.39 is 15.7 Å². The Hall–Kier alpha value is -0.980. The van der Waals surface area contributed by atoms with Crippen molar-refractivity contribution in [3.05, 3.63) is 38.9 Å². The van der Waals surface area contributed by atoms with Crippen LogP contribution in [0.25, 0.3) is 0 Å². The van der Waals surface area contributed by atoms with Crippen molar-refractivity contribution in [1.29, 1.82) is 0 Å². The van der Waals surface area contributed by atoms with Gasteiger partial charge in [0.05, 0.1) is 14.7 Å². The molecule has 1 saturated heterocycles. The highest BCUT2D eigenvalue weighted by atomic mass is 35.5. The molecule has 0 aliphatic carbocycles. The minimum atomic E-state index is -0.808. The van der Waals surface area contributed by atoms with Crippen molar-refractivity contribution in [2.24, 2.45) is 0 Å². The monoisotopic (exact) mass is 316 g/mol. The molecule has 1 unspecified atom stereocenters. The second-order valence-electron chi connectivity index (χ2n) is 5.55. The van der Waals surface area contributed by atoms with Gasteiger partial charge in [0.1, 0.15) is 0 Å². The molecule has 1 atom stereocenters. The third-order valence-electron chi connectivity index (χ3n) is 3.46. The van der Waals surface area contributed by atoms with Gasteiger partial charge >= 0.3 is 0 Å². The summed E-state index contributed by atoms with van der Waals surface area (Å²) in [4.78, 5) is 12.4. The van der Waals surface area contributed by atoms with E-state index in [1.54, 1.807) is 6.07 Å². The zero-order valence-electron chi connectivity index (χ0n) is 11.5. The fourth-order valence-electron chi connectivity index (χ4n) is 2.33. The second-order valence-corrected chi connectivity index (χ2v) is 8.16. The molecular formula is C13H17ClN2O3S. The van der Waals surface area contributed by atoms with E-state index >= 15 is 0 Å². The van der Waals surface area contributed by atoms with Crippen LogP contribution < -0.4 is 0 Å². The molecule has 0 aromatic heterocycles. The molecule has 1 fully saturated rings. The third kappa shape index (κ3) is 3.37. The first kappa shape index (κ1) is 15.4. The van der Waals surface area contributed by atoms with Crippen LogP contribution in [0.3, 0.4) is 0 Å². The quantitative estimate of drug-likeness (QED) is 0.635. The molecule has 0 N–H and O–H groups in total. The number of benzene rings is 1. The Balaban J connectivity index is 2.11. The number of nitro groups is 1. The lowest BCUT2D eigenvalue weighted by molar-refractivity contribution is -0.384. The molecule has 0 radical (unpaired) electrons. The summed E-state index contributed by atoms with van der Waals surface area (Å²) < 4.78 is 11.7. The van der Waals surface area contributed by atoms with E-state index in [-0.39, 0.29) is 10.4 Å². The van der Waals surface area contributed by atoms with Gasteiger partial charge in [0.25, 0.3) is 5.69 Å². The average Bonchev–Trinajstić information content (AvgIpc) is 2.35. The summed E-state index contributed by atoms with van der Waals surface area (Å²) in [5.41, 5.74) is 0.861. The minimum absolute atomic E-state index is 0.00109. The Morgan fingerprint density at radius 3 is 2.75 bits per heavy atom. The lowest BCUT2D eigenvalue weighted by Crippen LogP contribution is -2.49. The number of nitrogens with zero attached hydrogens (tertiary/aromatic N) is 2. The molecule has 0 spiro atoms. The van der Waals surface area contributed by atoms with Crippen LogP contribution in [0.4, 0.5) is 5.69 Å². The van der Waals surface area contributed by atoms with Crippen LogP contribution in [0.1, 0.15) is 19.4 Å². The standard InChI is InChI=1S/C13H17ClN2O3S/c1-13(2)9-15(5-6-20(13)19)8-10-3-4-11(16(17)18)7-12(10)14/h3-4,7H,5-6,8-9H2,1-2H3. The van der Waals surface area contributed by atoms with E-state index in [0.717, 1.165) is 18.7 Å². The number of halogens is 1. The second kappa shape index (κ2) is 5.79. The first-order valence-electron chi connectivity index (χ1n) is 6.33. The highest BCUT2D eigenvalue weighted by Gasteiger charge is 2.33. The van der Waals surface area contributed by atoms with E-state index in [4.69, 9.17) is 11.6 Å². The largest absolute Gasteiger partial charge is 0.297 e. The predicted octanol–water partition coefficient (Wildman–Crippen LogP) is 2.59. The molecule has 20 heavy (non-hydrogen) atoms. The van der Waals surface area contributed by atoms with Crippen molar-refractivity contribution in [3.8, 4) is 0 Å². The molecule has 1 aliphatic rings. The fraction of sp³-hybridized carbons (Fsp3) is 0.538. The van der Waals surface area contributed by atoms with Gasteiger partial charge in [0, 0.05) is 48.3 Å². The summed E-state index contributed by atoms with van der Waals surface area (Å²) >= 11 is 6.10. The highest BCUT2D eigenvalue weighted by molar-refractivity contribution is 7.86. The van der Waals surface area contributed by atoms with Crippen LogP contribution in [0, 0.1) is 10.1 Å². The zero-order valence-corrected chi connectivity index (χ0v) is 13.0. The van der Waals surface area contributed by atoms with Crippen molar-refractivity contribution >= 4 is 28.1 Å². The van der Waals surface area contributed by atoms with Gasteiger partial charge in [-0.3, -0.25) is 19.2 Å². The van der Waals surface area contributed by atoms with Gasteiger partial charge < -0.3 is 0 Å². The number of hydrogen-bond donors (Lipinski definition) is 0. The van der Waals surface area contributed by atoms with Crippen LogP contribution in [0.15, 0.2) is 18.2 Å². The maximum absolute atomic E-state index is 11.9. The molecule has 7 heteroatoms. The molecule has 1 heterocycles. The molecule has 5 nitrogen and oxygen atoms in total. The van der Waals surface area contributed by atoms with Gasteiger partial charge in [-0.2, -0.15) is 0 Å². The number of nitro benzene ring substituents is 1. The molecule has 1 aromatic carbocycles. The van der Waals surface area contributed by atoms with Gasteiger partial charge in [-0.1, -0.05) is 11.6 Å². The van der Waals surface area contributed by atoms with Crippen molar-refractivity contribution in [1.82, 2.24) is 4.90 Å². The van der Waals surface area contributed by atoms with E-state index in [2.05, 4.69) is 4.90 Å². The van der Waals surface area contributed by atoms with E-state index in [1.807, 2.05) is 13.8 Å². The first-order chi connectivity index (χ1) is 9.29. The highest BCUT2D eigenvalue weighted by Crippen LogP contribution is 2.26. The Morgan fingerprint density at radius 2 is 2.20 bits per heavy atom. The average molecular weight is 317 g/mol. The summed E-state index contributed by atoms with van der Waals surface area (Å²) in [6.07, 6.45) is 0. The Bertz CT molecular complexity index is 563. The SMILES string of the molecule is CC1(C)CN(Cc2ccc([N+](=O)[O-])cc2Cl)CCS1=O. The molecule has 110 valence electrons. The first-order valence-corrected chi connectivity index (χ1v) is 8.03. The van der Waals surface area contributed by atoms with E-state index in [0.29, 0.717) is 17.3 Å². The lowest BCUT2D eigenvalue weighted by atomic mass is 10.1. The predicted molar refractivity (Wildman–Crippen MR) is 80.5 cm³/mol. The summed E-state index contributed by atoms with van der Waals surface area (Å²) in [6.45, 7) is 6.09. The molecule has 0 bridgehead atoms. The van der Waals surface area contributed by atoms with Crippen molar-refractivity contribution < 1.29 is 9.13 Å². The molecule has 1 aromatic rings. The number of hydrogen-bond acceptors (Lipinski definition) is 4. The topological polar surface area (TPSA) is 63.4 Å². The number of rotatable bonds is 3. The van der Waals surface area contributed by atoms with Gasteiger partial charge in [-0.05, 0) is 25.5 Å². The van der Waals surface area contributed by atoms with E-state index in [9.17, 15) is 14.3 Å². The molecular weight excluding hydrogens is 300 g/mol. The van der Waals surface area contributed by atoms with Crippen molar-refractivity contribution in [2.75, 3.05) is 18.8 Å². The van der Waals surface area contributed by atoms with Crippen LogP contribution >= 0.6 is 11.6 Å². The van der Waals surface area contributed by atoms with Crippen LogP contribution in [0.5, 0.6) is 0 Å². The normalized spacial score (nSPS) is 22.6. The van der Waals surface area contributed by atoms with Gasteiger partial charge in [0.2, 0.25) is 0 Å². The maximum Gasteiger partial charge on any atom is 0.270 e. The minimum Gasteiger partial charge on any atom is -0.297 e. The smallest absolute Gasteiger partial charge is 0.270 e. The van der Waals surface area contributed by atoms with Crippen molar-refractivity contribution in [3.63, 3.8) is 0 Å². The fourth-order valence-corrected chi connectivity index (χ4v) is 3.87. The zero-order chi connectivity index (χ0) is 14.9. The summed E-state index contributed by atoms with van der Waals surface area (Å²) in [6, 6.07) is 4.54. The van der Waals surface area contributed by atoms with Crippen LogP contribution in [-0.2, 0) is 17.3 Å². The van der Waals surface area contributed by atoms with Gasteiger partial charge in [-0.15, -0.1) is 0 Å². The summed E-state index contributed by atoms with van der Waals surface area (Å²) in [7, 11) is -0.808. The summed E-state index contributed by atoms with van der Waals surface area (Å²) in [5.74, 6) is 0.650. The van der Waals surface area contributed by atoms with Gasteiger partial charge in [-0.25, -0.2) is 0 Å². The Morgan fingerprint density at radius 1 is 1.50 bits per heavy atom. The van der Waals surface area contributed by atoms with E-state index in [1.165, 1.54) is 12.1 Å². The third-order valence-corrected chi connectivity index (χ3v) is 5.72. The maximum atomic E-state index is 11.9. The molecule has 0 saturated carbocycles. The van der Waals surface area contributed by atoms with Gasteiger partial charge in [0.15, 0.2) is 0 Å². The molecule has 0 amide bonds. The molecule has 1 aliphatic heterocycles. The van der Waals surface area contributed by atoms with Crippen molar-refractivity contribution in [2.45, 2.75) is 25.1 Å². The van der Waals surface area contributed by atoms with Crippen LogP contribution in [-0.4, -0.2) is 37.6 Å². The Kier molecular flexibility index (Phi) is 4.46. The lowest BCUT2D eigenvalue weighted by Gasteiger charge is -2.37. The number of non-ortho nitro benzene ring substituents is 1. The molecule has 2 rings (SSSR count). The summed E-state index contributed by atoms with van der Waals surface area (Å²) in [5, 5.41) is 11.1.